The molecular weight excluding hydrogens is 2360 g/mol. The van der Waals surface area contributed by atoms with E-state index < -0.39 is 184 Å². The third kappa shape index (κ3) is 33.2. The van der Waals surface area contributed by atoms with Gasteiger partial charge in [0.15, 0.2) is 0 Å². The predicted molar refractivity (Wildman–Crippen MR) is 509 cm³/mol. The van der Waals surface area contributed by atoms with Gasteiger partial charge in [0.1, 0.15) is 0 Å². The Bertz CT molecular complexity index is 4990. The van der Waals surface area contributed by atoms with Crippen molar-refractivity contribution < 1.29 is 88.9 Å². The standard InChI is InChI=1S/6C14H14FIO3S/c6*1-11-7-3-5-9-13(11)16(19-20(15,17)18)14-10-6-4-8-12(14)2/h6*3-10H,1-2H3. The summed E-state index contributed by atoms with van der Waals surface area (Å²) in [5.74, 6) is 0. The van der Waals surface area contributed by atoms with Crippen molar-refractivity contribution in [3.8, 4) is 0 Å². The van der Waals surface area contributed by atoms with E-state index in [1.54, 1.807) is 146 Å². The zero-order valence-electron chi connectivity index (χ0n) is 66.0. The maximum absolute atomic E-state index is 13.1. The van der Waals surface area contributed by atoms with E-state index >= 15 is 0 Å². The first-order chi connectivity index (χ1) is 56.3. The van der Waals surface area contributed by atoms with Crippen LogP contribution in [0.15, 0.2) is 291 Å². The summed E-state index contributed by atoms with van der Waals surface area (Å²) in [5, 5.41) is 0. The molecular formula is C84H84F6I6O18S6. The zero-order valence-corrected chi connectivity index (χ0v) is 83.9. The van der Waals surface area contributed by atoms with Gasteiger partial charge < -0.3 is 0 Å². The number of aryl methyl sites for hydroxylation is 12. The second kappa shape index (κ2) is 46.9. The Kier molecular flexibility index (Phi) is 39.5. The van der Waals surface area contributed by atoms with E-state index in [9.17, 15) is 73.8 Å². The van der Waals surface area contributed by atoms with Gasteiger partial charge in [-0.15, -0.1) is 0 Å². The molecule has 0 aromatic heterocycles. The van der Waals surface area contributed by atoms with E-state index in [1.807, 2.05) is 229 Å². The fourth-order valence-electron chi connectivity index (χ4n) is 10.4. The normalized spacial score (nSPS) is 12.2. The summed E-state index contributed by atoms with van der Waals surface area (Å²) in [6.07, 6.45) is 0. The van der Waals surface area contributed by atoms with E-state index in [4.69, 9.17) is 15.1 Å². The van der Waals surface area contributed by atoms with Crippen molar-refractivity contribution in [1.82, 2.24) is 0 Å². The Morgan fingerprint density at radius 2 is 0.217 bits per heavy atom. The van der Waals surface area contributed by atoms with Gasteiger partial charge in [0.05, 0.1) is 0 Å². The summed E-state index contributed by atoms with van der Waals surface area (Å²) in [4.78, 5) is 0. The first-order valence-corrected chi connectivity index (χ1v) is 61.1. The number of benzene rings is 12. The Morgan fingerprint density at radius 1 is 0.150 bits per heavy atom. The molecule has 0 amide bonds. The van der Waals surface area contributed by atoms with E-state index in [0.717, 1.165) is 110 Å². The Hall–Kier alpha value is -5.94. The summed E-state index contributed by atoms with van der Waals surface area (Å²) in [5.41, 5.74) is 10.9. The molecule has 0 saturated carbocycles. The van der Waals surface area contributed by atoms with Crippen LogP contribution in [0.1, 0.15) is 66.8 Å². The van der Waals surface area contributed by atoms with Crippen LogP contribution in [0.3, 0.4) is 0 Å². The van der Waals surface area contributed by atoms with Crippen LogP contribution in [0.5, 0.6) is 0 Å². The molecule has 0 saturated heterocycles. The van der Waals surface area contributed by atoms with Crippen LogP contribution in [-0.2, 0) is 78.1 Å². The minimum absolute atomic E-state index is 0.784. The van der Waals surface area contributed by atoms with Crippen LogP contribution in [0.2, 0.25) is 0 Å². The number of hydrogen-bond donors (Lipinski definition) is 0. The molecule has 0 aliphatic heterocycles. The van der Waals surface area contributed by atoms with Crippen molar-refractivity contribution in [1.29, 1.82) is 0 Å². The molecule has 12 rings (SSSR count). The molecule has 0 N–H and O–H groups in total. The molecule has 0 aliphatic carbocycles. The molecule has 0 spiro atoms. The third-order valence-electron chi connectivity index (χ3n) is 16.0. The van der Waals surface area contributed by atoms with E-state index in [-0.39, 0.29) is 0 Å². The van der Waals surface area contributed by atoms with Crippen LogP contribution in [0, 0.1) is 126 Å². The number of halogens is 12. The summed E-state index contributed by atoms with van der Waals surface area (Å²) in [7, 11) is -29.9. The van der Waals surface area contributed by atoms with Gasteiger partial charge >= 0.3 is 757 Å². The molecule has 0 unspecified atom stereocenters. The zero-order chi connectivity index (χ0) is 88.5. The Morgan fingerprint density at radius 3 is 0.275 bits per heavy atom. The molecule has 0 radical (unpaired) electrons. The molecule has 12 aromatic carbocycles. The molecule has 18 nitrogen and oxygen atoms in total. The number of rotatable bonds is 24. The van der Waals surface area contributed by atoms with Crippen molar-refractivity contribution in [2.75, 3.05) is 0 Å². The average Bonchev–Trinajstić information content (AvgIpc) is 0.839. The minimum atomic E-state index is -4.98. The molecule has 120 heavy (non-hydrogen) atoms. The van der Waals surface area contributed by atoms with Crippen LogP contribution in [-0.4, -0.2) is 50.5 Å². The fourth-order valence-corrected chi connectivity index (χ4v) is 48.5. The van der Waals surface area contributed by atoms with Crippen LogP contribution < -0.4 is 0 Å². The van der Waals surface area contributed by atoms with Gasteiger partial charge in [-0.1, -0.05) is 0 Å². The second-order valence-electron chi connectivity index (χ2n) is 25.2. The fraction of sp³-hybridized carbons (Fsp3) is 0.143. The van der Waals surface area contributed by atoms with Gasteiger partial charge in [0.2, 0.25) is 0 Å². The van der Waals surface area contributed by atoms with Gasteiger partial charge in [-0.25, -0.2) is 0 Å². The molecule has 0 aliphatic rings. The van der Waals surface area contributed by atoms with Crippen molar-refractivity contribution in [3.63, 3.8) is 0 Å². The van der Waals surface area contributed by atoms with Gasteiger partial charge in [-0.2, -0.15) is 0 Å². The molecule has 0 bridgehead atoms. The quantitative estimate of drug-likeness (QED) is 0.0309. The summed E-state index contributed by atoms with van der Waals surface area (Å²) in [6.45, 7) is 22.4. The molecule has 0 fully saturated rings. The SMILES string of the molecule is Cc1ccccc1I(OS(=O)(=O)F)c1ccccc1C.Cc1ccccc1I(OS(=O)(=O)F)c1ccccc1C.Cc1ccccc1I(OS(=O)(=O)F)c1ccccc1C.Cc1ccccc1I(OS(=O)(=O)F)c1ccccc1C.Cc1ccccc1I(OS(=O)(=O)F)c1ccccc1C.Cc1ccccc1I(OS(=O)(=O)F)c1ccccc1C. The third-order valence-corrected chi connectivity index (χ3v) is 59.0. The van der Waals surface area contributed by atoms with Crippen molar-refractivity contribution >= 4 is 184 Å². The summed E-state index contributed by atoms with van der Waals surface area (Å²) in [6, 6.07) is 88.0. The molecule has 12 aromatic rings. The topological polar surface area (TPSA) is 260 Å². The predicted octanol–water partition coefficient (Wildman–Crippen LogP) is 24.0. The number of hydrogen-bond acceptors (Lipinski definition) is 18. The first kappa shape index (κ1) is 101. The summed E-state index contributed by atoms with van der Waals surface area (Å²) >= 11 is -17.0. The van der Waals surface area contributed by atoms with Crippen LogP contribution in [0.4, 0.5) is 23.3 Å². The van der Waals surface area contributed by atoms with Crippen molar-refractivity contribution in [3.05, 3.63) is 401 Å². The molecule has 36 heteroatoms. The van der Waals surface area contributed by atoms with Gasteiger partial charge in [0.25, 0.3) is 0 Å². The van der Waals surface area contributed by atoms with Gasteiger partial charge in [-0.3, -0.25) is 0 Å². The molecule has 648 valence electrons. The summed E-state index contributed by atoms with van der Waals surface area (Å²) < 4.78 is 248. The monoisotopic (exact) mass is 2450 g/mol. The Balaban J connectivity index is 0.000000198. The van der Waals surface area contributed by atoms with E-state index in [0.29, 0.717) is 0 Å². The van der Waals surface area contributed by atoms with E-state index in [1.165, 1.54) is 0 Å². The molecule has 0 heterocycles. The first-order valence-electron chi connectivity index (χ1n) is 35.0. The maximum atomic E-state index is 13.1. The Labute approximate surface area is 747 Å². The average molecular weight is 2450 g/mol. The van der Waals surface area contributed by atoms with Gasteiger partial charge in [-0.05, 0) is 0 Å². The van der Waals surface area contributed by atoms with Gasteiger partial charge in [0, 0.05) is 0 Å². The second-order valence-corrected chi connectivity index (χ2v) is 59.6. The van der Waals surface area contributed by atoms with Crippen LogP contribution in [0.25, 0.3) is 0 Å². The van der Waals surface area contributed by atoms with Crippen LogP contribution >= 0.6 is 121 Å². The molecule has 0 atom stereocenters. The van der Waals surface area contributed by atoms with Crippen molar-refractivity contribution in [2.45, 2.75) is 83.1 Å². The van der Waals surface area contributed by atoms with Crippen molar-refractivity contribution in [2.24, 2.45) is 0 Å². The van der Waals surface area contributed by atoms with E-state index in [2.05, 4.69) is 0 Å².